The number of rotatable bonds is 6. The van der Waals surface area contributed by atoms with Gasteiger partial charge in [0.2, 0.25) is 0 Å². The molecule has 4 nitrogen and oxygen atoms in total. The van der Waals surface area contributed by atoms with Crippen molar-refractivity contribution in [2.75, 3.05) is 13.1 Å². The lowest BCUT2D eigenvalue weighted by atomic mass is 10.1. The monoisotopic (exact) mass is 328 g/mol. The summed E-state index contributed by atoms with van der Waals surface area (Å²) in [7, 11) is -3.28. The van der Waals surface area contributed by atoms with Crippen LogP contribution in [0.5, 0.6) is 0 Å². The van der Waals surface area contributed by atoms with Crippen LogP contribution in [0.25, 0.3) is 0 Å². The highest BCUT2D eigenvalue weighted by Gasteiger charge is 2.44. The number of hydrogen-bond donors (Lipinski definition) is 1. The van der Waals surface area contributed by atoms with E-state index in [0.717, 1.165) is 49.3 Å². The van der Waals surface area contributed by atoms with E-state index in [0.29, 0.717) is 10.1 Å². The molecule has 2 unspecified atom stereocenters. The van der Waals surface area contributed by atoms with Crippen molar-refractivity contribution in [2.45, 2.75) is 56.3 Å². The van der Waals surface area contributed by atoms with Gasteiger partial charge in [-0.2, -0.15) is 4.31 Å². The summed E-state index contributed by atoms with van der Waals surface area (Å²) in [6, 6.07) is 2.11. The van der Waals surface area contributed by atoms with Crippen LogP contribution < -0.4 is 5.32 Å². The molecule has 2 aliphatic rings. The lowest BCUT2D eigenvalue weighted by molar-refractivity contribution is 0.334. The minimum Gasteiger partial charge on any atom is -0.312 e. The molecule has 2 heterocycles. The molecule has 0 spiro atoms. The van der Waals surface area contributed by atoms with Gasteiger partial charge in [-0.1, -0.05) is 6.92 Å². The van der Waals surface area contributed by atoms with Crippen molar-refractivity contribution in [3.8, 4) is 0 Å². The summed E-state index contributed by atoms with van der Waals surface area (Å²) in [5, 5.41) is 3.36. The summed E-state index contributed by atoms with van der Waals surface area (Å²) in [5.74, 6) is 0.594. The smallest absolute Gasteiger partial charge is 0.252 e. The highest BCUT2D eigenvalue weighted by Crippen LogP contribution is 2.41. The quantitative estimate of drug-likeness (QED) is 0.817. The average Bonchev–Trinajstić information content (AvgIpc) is 3.15. The number of nitrogens with zero attached hydrogens (tertiary/aromatic N) is 1. The van der Waals surface area contributed by atoms with Gasteiger partial charge in [-0.05, 0) is 56.7 Å². The second kappa shape index (κ2) is 5.99. The molecule has 2 atom stereocenters. The number of aryl methyl sites for hydroxylation is 1. The van der Waals surface area contributed by atoms with Crippen molar-refractivity contribution in [1.29, 1.82) is 0 Å². The van der Waals surface area contributed by atoms with Crippen LogP contribution in [0, 0.1) is 12.8 Å². The minimum atomic E-state index is -3.28. The van der Waals surface area contributed by atoms with Crippen LogP contribution in [0.4, 0.5) is 0 Å². The van der Waals surface area contributed by atoms with Crippen LogP contribution >= 0.6 is 11.3 Å². The first-order valence-corrected chi connectivity index (χ1v) is 10.1. The van der Waals surface area contributed by atoms with E-state index in [2.05, 4.69) is 12.2 Å². The SMILES string of the molecule is CCCNCc1sc(S(=O)(=O)N2CC3CCC2C3)cc1C. The fourth-order valence-electron chi connectivity index (χ4n) is 3.46. The molecule has 0 amide bonds. The number of piperidine rings is 1. The first-order chi connectivity index (χ1) is 10.0. The third-order valence-corrected chi connectivity index (χ3v) is 8.24. The Kier molecular flexibility index (Phi) is 4.41. The highest BCUT2D eigenvalue weighted by atomic mass is 32.2. The van der Waals surface area contributed by atoms with Gasteiger partial charge in [0.15, 0.2) is 0 Å². The lowest BCUT2D eigenvalue weighted by Gasteiger charge is -2.25. The van der Waals surface area contributed by atoms with E-state index in [1.165, 1.54) is 17.8 Å². The van der Waals surface area contributed by atoms with Crippen molar-refractivity contribution < 1.29 is 8.42 Å². The van der Waals surface area contributed by atoms with Gasteiger partial charge in [0, 0.05) is 24.0 Å². The van der Waals surface area contributed by atoms with Gasteiger partial charge in [0.25, 0.3) is 10.0 Å². The minimum absolute atomic E-state index is 0.254. The van der Waals surface area contributed by atoms with Gasteiger partial charge in [-0.3, -0.25) is 0 Å². The second-order valence-corrected chi connectivity index (χ2v) is 9.51. The van der Waals surface area contributed by atoms with Gasteiger partial charge in [-0.15, -0.1) is 11.3 Å². The molecule has 3 rings (SSSR count). The zero-order valence-electron chi connectivity index (χ0n) is 12.8. The van der Waals surface area contributed by atoms with Gasteiger partial charge in [0.05, 0.1) is 0 Å². The van der Waals surface area contributed by atoms with Crippen molar-refractivity contribution in [3.05, 3.63) is 16.5 Å². The summed E-state index contributed by atoms with van der Waals surface area (Å²) >= 11 is 1.44. The Labute approximate surface area is 131 Å². The van der Waals surface area contributed by atoms with Crippen LogP contribution in [0.1, 0.15) is 43.0 Å². The summed E-state index contributed by atoms with van der Waals surface area (Å²) in [4.78, 5) is 1.14. The van der Waals surface area contributed by atoms with E-state index in [1.54, 1.807) is 4.31 Å². The maximum Gasteiger partial charge on any atom is 0.252 e. The molecule has 21 heavy (non-hydrogen) atoms. The predicted molar refractivity (Wildman–Crippen MR) is 86.1 cm³/mol. The summed E-state index contributed by atoms with van der Waals surface area (Å²) < 4.78 is 28.0. The first kappa shape index (κ1) is 15.5. The van der Waals surface area contributed by atoms with Gasteiger partial charge in [-0.25, -0.2) is 8.42 Å². The Morgan fingerprint density at radius 1 is 1.43 bits per heavy atom. The highest BCUT2D eigenvalue weighted by molar-refractivity contribution is 7.91. The molecule has 1 aromatic rings. The van der Waals surface area contributed by atoms with Gasteiger partial charge < -0.3 is 5.32 Å². The Bertz CT molecular complexity index is 609. The number of nitrogens with one attached hydrogen (secondary N) is 1. The summed E-state index contributed by atoms with van der Waals surface area (Å²) in [6.07, 6.45) is 4.40. The molecule has 2 fully saturated rings. The molecule has 1 saturated carbocycles. The molecule has 1 aliphatic heterocycles. The van der Waals surface area contributed by atoms with E-state index in [9.17, 15) is 8.42 Å². The van der Waals surface area contributed by atoms with E-state index < -0.39 is 10.0 Å². The van der Waals surface area contributed by atoms with Crippen LogP contribution in [0.15, 0.2) is 10.3 Å². The largest absolute Gasteiger partial charge is 0.312 e. The Balaban J connectivity index is 1.78. The topological polar surface area (TPSA) is 49.4 Å². The zero-order chi connectivity index (χ0) is 15.0. The first-order valence-electron chi connectivity index (χ1n) is 7.84. The number of sulfonamides is 1. The fraction of sp³-hybridized carbons (Fsp3) is 0.733. The van der Waals surface area contributed by atoms with Gasteiger partial charge in [0.1, 0.15) is 4.21 Å². The van der Waals surface area contributed by atoms with E-state index in [-0.39, 0.29) is 6.04 Å². The van der Waals surface area contributed by atoms with Crippen molar-refractivity contribution >= 4 is 21.4 Å². The molecule has 1 aromatic heterocycles. The van der Waals surface area contributed by atoms with Crippen LogP contribution in [0.3, 0.4) is 0 Å². The third-order valence-electron chi connectivity index (χ3n) is 4.63. The Morgan fingerprint density at radius 3 is 2.86 bits per heavy atom. The molecular formula is C15H24N2O2S2. The van der Waals surface area contributed by atoms with Crippen molar-refractivity contribution in [2.24, 2.45) is 5.92 Å². The van der Waals surface area contributed by atoms with E-state index in [1.807, 2.05) is 13.0 Å². The normalized spacial score (nSPS) is 25.8. The Morgan fingerprint density at radius 2 is 2.24 bits per heavy atom. The zero-order valence-corrected chi connectivity index (χ0v) is 14.4. The molecule has 1 saturated heterocycles. The van der Waals surface area contributed by atoms with E-state index in [4.69, 9.17) is 0 Å². The predicted octanol–water partition coefficient (Wildman–Crippen LogP) is 2.73. The molecule has 118 valence electrons. The van der Waals surface area contributed by atoms with Crippen LogP contribution in [-0.4, -0.2) is 31.9 Å². The number of hydrogen-bond acceptors (Lipinski definition) is 4. The summed E-state index contributed by atoms with van der Waals surface area (Å²) in [5.41, 5.74) is 1.09. The fourth-order valence-corrected chi connectivity index (χ4v) is 6.89. The molecular weight excluding hydrogens is 304 g/mol. The number of thiophene rings is 1. The van der Waals surface area contributed by atoms with E-state index >= 15 is 0 Å². The molecule has 0 radical (unpaired) electrons. The van der Waals surface area contributed by atoms with Crippen LogP contribution in [-0.2, 0) is 16.6 Å². The Hall–Kier alpha value is -0.430. The maximum absolute atomic E-state index is 12.8. The second-order valence-electron chi connectivity index (χ2n) is 6.26. The average molecular weight is 329 g/mol. The molecule has 1 aliphatic carbocycles. The standard InChI is InChI=1S/C15H24N2O2S2/c1-3-6-16-9-14-11(2)7-15(20-14)21(18,19)17-10-12-4-5-13(17)8-12/h7,12-13,16H,3-6,8-10H2,1-2H3. The number of fused-ring (bicyclic) bond motifs is 2. The molecule has 6 heteroatoms. The maximum atomic E-state index is 12.8. The molecule has 2 bridgehead atoms. The molecule has 1 N–H and O–H groups in total. The van der Waals surface area contributed by atoms with Crippen LogP contribution in [0.2, 0.25) is 0 Å². The van der Waals surface area contributed by atoms with Gasteiger partial charge >= 0.3 is 0 Å². The summed E-state index contributed by atoms with van der Waals surface area (Å²) in [6.45, 7) is 6.61. The van der Waals surface area contributed by atoms with Crippen molar-refractivity contribution in [1.82, 2.24) is 9.62 Å². The third kappa shape index (κ3) is 2.91. The lowest BCUT2D eigenvalue weighted by Crippen LogP contribution is -2.37. The molecule has 0 aromatic carbocycles. The van der Waals surface area contributed by atoms with Crippen molar-refractivity contribution in [3.63, 3.8) is 0 Å².